The first kappa shape index (κ1) is 21.4. The van der Waals surface area contributed by atoms with Crippen molar-refractivity contribution >= 4 is 22.9 Å². The SMILES string of the molecule is CCNCC.CCn1c(NC(=O)c2ccc(C)cc2)nc2ccc(OC)cc21. The Bertz CT molecular complexity index is 899. The molecule has 0 saturated carbocycles. The van der Waals surface area contributed by atoms with Crippen LogP contribution in [0.25, 0.3) is 11.0 Å². The second kappa shape index (κ2) is 10.5. The molecule has 0 aliphatic heterocycles. The van der Waals surface area contributed by atoms with Crippen LogP contribution in [-0.2, 0) is 6.54 Å². The summed E-state index contributed by atoms with van der Waals surface area (Å²) in [6.45, 7) is 11.1. The lowest BCUT2D eigenvalue weighted by Crippen LogP contribution is -2.15. The zero-order valence-corrected chi connectivity index (χ0v) is 17.4. The van der Waals surface area contributed by atoms with E-state index < -0.39 is 0 Å². The van der Waals surface area contributed by atoms with E-state index in [0.717, 1.165) is 35.4 Å². The zero-order valence-electron chi connectivity index (χ0n) is 17.4. The summed E-state index contributed by atoms with van der Waals surface area (Å²) in [6.07, 6.45) is 0. The third-order valence-electron chi connectivity index (χ3n) is 4.31. The van der Waals surface area contributed by atoms with Crippen LogP contribution in [-0.4, -0.2) is 35.7 Å². The van der Waals surface area contributed by atoms with E-state index in [2.05, 4.69) is 29.5 Å². The smallest absolute Gasteiger partial charge is 0.257 e. The van der Waals surface area contributed by atoms with E-state index in [1.165, 1.54) is 0 Å². The summed E-state index contributed by atoms with van der Waals surface area (Å²) in [5.41, 5.74) is 3.50. The molecule has 0 unspecified atom stereocenters. The highest BCUT2D eigenvalue weighted by atomic mass is 16.5. The van der Waals surface area contributed by atoms with E-state index in [4.69, 9.17) is 4.74 Å². The number of carbonyl (C=O) groups excluding carboxylic acids is 1. The van der Waals surface area contributed by atoms with Gasteiger partial charge in [-0.05, 0) is 51.2 Å². The van der Waals surface area contributed by atoms with E-state index >= 15 is 0 Å². The predicted molar refractivity (Wildman–Crippen MR) is 115 cm³/mol. The molecule has 0 fully saturated rings. The number of hydrogen-bond donors (Lipinski definition) is 2. The molecule has 1 heterocycles. The fourth-order valence-corrected chi connectivity index (χ4v) is 2.77. The van der Waals surface area contributed by atoms with Gasteiger partial charge in [0.25, 0.3) is 5.91 Å². The topological polar surface area (TPSA) is 68.2 Å². The molecule has 2 N–H and O–H groups in total. The van der Waals surface area contributed by atoms with E-state index in [1.54, 1.807) is 7.11 Å². The number of benzene rings is 2. The Morgan fingerprint density at radius 1 is 1.07 bits per heavy atom. The van der Waals surface area contributed by atoms with Gasteiger partial charge in [0.2, 0.25) is 5.95 Å². The van der Waals surface area contributed by atoms with Gasteiger partial charge in [0.15, 0.2) is 0 Å². The molecule has 3 aromatic rings. The minimum Gasteiger partial charge on any atom is -0.497 e. The van der Waals surface area contributed by atoms with Gasteiger partial charge in [0, 0.05) is 18.2 Å². The number of aromatic nitrogens is 2. The predicted octanol–water partition coefficient (Wildman–Crippen LogP) is 4.24. The lowest BCUT2D eigenvalue weighted by molar-refractivity contribution is 0.102. The number of nitrogens with one attached hydrogen (secondary N) is 2. The fourth-order valence-electron chi connectivity index (χ4n) is 2.77. The van der Waals surface area contributed by atoms with E-state index in [0.29, 0.717) is 18.1 Å². The number of ether oxygens (including phenoxy) is 1. The summed E-state index contributed by atoms with van der Waals surface area (Å²) in [7, 11) is 1.63. The van der Waals surface area contributed by atoms with Gasteiger partial charge in [0.05, 0.1) is 18.1 Å². The first-order chi connectivity index (χ1) is 13.5. The summed E-state index contributed by atoms with van der Waals surface area (Å²) in [4.78, 5) is 16.9. The molecule has 1 amide bonds. The standard InChI is InChI=1S/C18H19N3O2.C4H11N/c1-4-21-16-11-14(23-3)9-10-15(16)19-18(21)20-17(22)13-7-5-12(2)6-8-13;1-3-5-4-2/h5-11H,4H2,1-3H3,(H,19,20,22);5H,3-4H2,1-2H3. The number of hydrogen-bond acceptors (Lipinski definition) is 4. The molecule has 0 bridgehead atoms. The molecule has 6 heteroatoms. The first-order valence-electron chi connectivity index (χ1n) is 9.66. The second-order valence-electron chi connectivity index (χ2n) is 6.31. The molecular weight excluding hydrogens is 352 g/mol. The number of amides is 1. The third kappa shape index (κ3) is 5.33. The second-order valence-corrected chi connectivity index (χ2v) is 6.31. The van der Waals surface area contributed by atoms with Crippen LogP contribution in [0.4, 0.5) is 5.95 Å². The lowest BCUT2D eigenvalue weighted by atomic mass is 10.1. The van der Waals surface area contributed by atoms with Crippen LogP contribution < -0.4 is 15.4 Å². The Labute approximate surface area is 166 Å². The minimum absolute atomic E-state index is 0.165. The Morgan fingerprint density at radius 2 is 1.75 bits per heavy atom. The van der Waals surface area contributed by atoms with Gasteiger partial charge in [-0.25, -0.2) is 4.98 Å². The molecular formula is C22H30N4O2. The number of fused-ring (bicyclic) bond motifs is 1. The molecule has 0 radical (unpaired) electrons. The van der Waals surface area contributed by atoms with Crippen molar-refractivity contribution in [1.29, 1.82) is 0 Å². The van der Waals surface area contributed by atoms with Crippen molar-refractivity contribution in [3.63, 3.8) is 0 Å². The van der Waals surface area contributed by atoms with Gasteiger partial charge >= 0.3 is 0 Å². The Balaban J connectivity index is 0.000000500. The summed E-state index contributed by atoms with van der Waals surface area (Å²) < 4.78 is 7.23. The molecule has 0 spiro atoms. The highest BCUT2D eigenvalue weighted by Gasteiger charge is 2.14. The number of anilines is 1. The van der Waals surface area contributed by atoms with Gasteiger partial charge in [0.1, 0.15) is 5.75 Å². The van der Waals surface area contributed by atoms with E-state index in [1.807, 2.05) is 60.9 Å². The molecule has 28 heavy (non-hydrogen) atoms. The molecule has 6 nitrogen and oxygen atoms in total. The molecule has 0 aliphatic rings. The Kier molecular flexibility index (Phi) is 8.02. The van der Waals surface area contributed by atoms with Crippen LogP contribution in [0.1, 0.15) is 36.7 Å². The summed E-state index contributed by atoms with van der Waals surface area (Å²) in [5, 5.41) is 6.01. The number of nitrogens with zero attached hydrogens (tertiary/aromatic N) is 2. The molecule has 150 valence electrons. The quantitative estimate of drug-likeness (QED) is 0.669. The summed E-state index contributed by atoms with van der Waals surface area (Å²) in [6, 6.07) is 13.1. The van der Waals surface area contributed by atoms with Crippen molar-refractivity contribution < 1.29 is 9.53 Å². The zero-order chi connectivity index (χ0) is 20.5. The highest BCUT2D eigenvalue weighted by molar-refractivity contribution is 6.04. The van der Waals surface area contributed by atoms with Crippen LogP contribution in [0.5, 0.6) is 5.75 Å². The van der Waals surface area contributed by atoms with Crippen LogP contribution in [0, 0.1) is 6.92 Å². The highest BCUT2D eigenvalue weighted by Crippen LogP contribution is 2.24. The number of aryl methyl sites for hydroxylation is 2. The van der Waals surface area contributed by atoms with Crippen molar-refractivity contribution in [2.75, 3.05) is 25.5 Å². The lowest BCUT2D eigenvalue weighted by Gasteiger charge is -2.08. The molecule has 0 aliphatic carbocycles. The van der Waals surface area contributed by atoms with Crippen LogP contribution in [0.2, 0.25) is 0 Å². The number of methoxy groups -OCH3 is 1. The molecule has 3 rings (SSSR count). The largest absolute Gasteiger partial charge is 0.497 e. The van der Waals surface area contributed by atoms with Crippen LogP contribution >= 0.6 is 0 Å². The van der Waals surface area contributed by atoms with Crippen LogP contribution in [0.3, 0.4) is 0 Å². The van der Waals surface area contributed by atoms with Gasteiger partial charge in [-0.15, -0.1) is 0 Å². The third-order valence-corrected chi connectivity index (χ3v) is 4.31. The molecule has 0 atom stereocenters. The molecule has 2 aromatic carbocycles. The van der Waals surface area contributed by atoms with E-state index in [9.17, 15) is 4.79 Å². The van der Waals surface area contributed by atoms with Crippen molar-refractivity contribution in [2.45, 2.75) is 34.2 Å². The maximum absolute atomic E-state index is 12.4. The maximum Gasteiger partial charge on any atom is 0.257 e. The van der Waals surface area contributed by atoms with Gasteiger partial charge < -0.3 is 14.6 Å². The summed E-state index contributed by atoms with van der Waals surface area (Å²) >= 11 is 0. The Morgan fingerprint density at radius 3 is 2.29 bits per heavy atom. The minimum atomic E-state index is -0.165. The van der Waals surface area contributed by atoms with Gasteiger partial charge in [-0.3, -0.25) is 10.1 Å². The average molecular weight is 383 g/mol. The average Bonchev–Trinajstić information content (AvgIpc) is 3.05. The van der Waals surface area contributed by atoms with Crippen molar-refractivity contribution in [1.82, 2.24) is 14.9 Å². The van der Waals surface area contributed by atoms with Crippen molar-refractivity contribution in [3.8, 4) is 5.75 Å². The maximum atomic E-state index is 12.4. The number of rotatable bonds is 6. The Hall–Kier alpha value is -2.86. The summed E-state index contributed by atoms with van der Waals surface area (Å²) in [5.74, 6) is 1.15. The van der Waals surface area contributed by atoms with Gasteiger partial charge in [-0.2, -0.15) is 0 Å². The monoisotopic (exact) mass is 382 g/mol. The number of imidazole rings is 1. The number of carbonyl (C=O) groups is 1. The van der Waals surface area contributed by atoms with Crippen LogP contribution in [0.15, 0.2) is 42.5 Å². The normalized spacial score (nSPS) is 10.3. The molecule has 1 aromatic heterocycles. The van der Waals surface area contributed by atoms with Crippen molar-refractivity contribution in [2.24, 2.45) is 0 Å². The fraction of sp³-hybridized carbons (Fsp3) is 0.364. The molecule has 0 saturated heterocycles. The van der Waals surface area contributed by atoms with E-state index in [-0.39, 0.29) is 5.91 Å². The van der Waals surface area contributed by atoms with Crippen molar-refractivity contribution in [3.05, 3.63) is 53.6 Å². The first-order valence-corrected chi connectivity index (χ1v) is 9.66. The van der Waals surface area contributed by atoms with Gasteiger partial charge in [-0.1, -0.05) is 31.5 Å².